The smallest absolute Gasteiger partial charge is 0.326 e. The maximum absolute atomic E-state index is 13.4. The summed E-state index contributed by atoms with van der Waals surface area (Å²) in [5.74, 6) is -2.46. The van der Waals surface area contributed by atoms with Crippen LogP contribution in [0.25, 0.3) is 0 Å². The molecule has 2 saturated heterocycles. The third-order valence-corrected chi connectivity index (χ3v) is 7.18. The van der Waals surface area contributed by atoms with Crippen LogP contribution in [-0.4, -0.2) is 82.3 Å². The lowest BCUT2D eigenvalue weighted by Gasteiger charge is -2.31. The molecule has 2 aliphatic rings. The van der Waals surface area contributed by atoms with Gasteiger partial charge in [0.05, 0.1) is 6.54 Å². The number of hydrogen-bond donors (Lipinski definition) is 3. The Hall–Kier alpha value is -3.17. The average Bonchev–Trinajstić information content (AvgIpc) is 3.57. The molecule has 38 heavy (non-hydrogen) atoms. The van der Waals surface area contributed by atoms with Crippen molar-refractivity contribution in [1.29, 1.82) is 0 Å². The van der Waals surface area contributed by atoms with E-state index in [0.29, 0.717) is 38.8 Å². The van der Waals surface area contributed by atoms with Gasteiger partial charge in [0.15, 0.2) is 0 Å². The van der Waals surface area contributed by atoms with Gasteiger partial charge in [-0.15, -0.1) is 0 Å². The zero-order valence-electron chi connectivity index (χ0n) is 22.9. The zero-order valence-corrected chi connectivity index (χ0v) is 22.9. The van der Waals surface area contributed by atoms with Crippen LogP contribution in [0.1, 0.15) is 84.5 Å². The van der Waals surface area contributed by atoms with Gasteiger partial charge in [-0.2, -0.15) is 0 Å². The molecule has 0 aliphatic carbocycles. The quantitative estimate of drug-likeness (QED) is 0.219. The number of hydrogen-bond acceptors (Lipinski definition) is 5. The highest BCUT2D eigenvalue weighted by molar-refractivity contribution is 5.94. The van der Waals surface area contributed by atoms with Gasteiger partial charge in [0.2, 0.25) is 23.6 Å². The Morgan fingerprint density at radius 2 is 1.66 bits per heavy atom. The molecule has 0 aromatic carbocycles. The van der Waals surface area contributed by atoms with Gasteiger partial charge in [0, 0.05) is 19.5 Å². The summed E-state index contributed by atoms with van der Waals surface area (Å²) in [6.07, 6.45) is 11.5. The van der Waals surface area contributed by atoms with Crippen LogP contribution in [0.15, 0.2) is 24.3 Å². The van der Waals surface area contributed by atoms with Crippen LogP contribution in [-0.2, 0) is 24.0 Å². The molecular formula is C28H44N4O6. The number of nitrogens with one attached hydrogen (secondary N) is 2. The molecular weight excluding hydrogens is 488 g/mol. The van der Waals surface area contributed by atoms with E-state index in [4.69, 9.17) is 0 Å². The van der Waals surface area contributed by atoms with E-state index in [0.717, 1.165) is 44.1 Å². The summed E-state index contributed by atoms with van der Waals surface area (Å²) >= 11 is 0. The van der Waals surface area contributed by atoms with E-state index >= 15 is 0 Å². The fourth-order valence-electron chi connectivity index (χ4n) is 5.16. The molecule has 212 valence electrons. The van der Waals surface area contributed by atoms with Crippen molar-refractivity contribution in [3.63, 3.8) is 0 Å². The van der Waals surface area contributed by atoms with Crippen molar-refractivity contribution in [2.24, 2.45) is 0 Å². The lowest BCUT2D eigenvalue weighted by molar-refractivity contribution is -0.146. The molecule has 3 atom stereocenters. The van der Waals surface area contributed by atoms with Gasteiger partial charge in [-0.1, -0.05) is 56.9 Å². The summed E-state index contributed by atoms with van der Waals surface area (Å²) < 4.78 is 0. The number of unbranched alkanes of at least 4 members (excludes halogenated alkanes) is 4. The van der Waals surface area contributed by atoms with Gasteiger partial charge in [-0.25, -0.2) is 4.79 Å². The highest BCUT2D eigenvalue weighted by Gasteiger charge is 2.41. The molecule has 2 rings (SSSR count). The van der Waals surface area contributed by atoms with Crippen LogP contribution in [0.5, 0.6) is 0 Å². The van der Waals surface area contributed by atoms with Gasteiger partial charge < -0.3 is 25.5 Å². The van der Waals surface area contributed by atoms with Crippen LogP contribution in [0.2, 0.25) is 0 Å². The second-order valence-corrected chi connectivity index (χ2v) is 10.2. The van der Waals surface area contributed by atoms with Gasteiger partial charge in [0.25, 0.3) is 0 Å². The van der Waals surface area contributed by atoms with Crippen molar-refractivity contribution in [2.45, 2.75) is 103 Å². The molecule has 10 nitrogen and oxygen atoms in total. The minimum absolute atomic E-state index is 0.000347. The number of carbonyl (C=O) groups excluding carboxylic acids is 4. The van der Waals surface area contributed by atoms with E-state index in [1.54, 1.807) is 24.0 Å². The summed E-state index contributed by atoms with van der Waals surface area (Å²) in [6.45, 7) is 8.05. The molecule has 0 saturated carbocycles. The molecule has 0 bridgehead atoms. The van der Waals surface area contributed by atoms with Crippen molar-refractivity contribution in [2.75, 3.05) is 19.6 Å². The first-order valence-corrected chi connectivity index (χ1v) is 13.9. The minimum atomic E-state index is -1.18. The minimum Gasteiger partial charge on any atom is -0.480 e. The first kappa shape index (κ1) is 31.1. The van der Waals surface area contributed by atoms with Crippen molar-refractivity contribution < 1.29 is 29.1 Å². The summed E-state index contributed by atoms with van der Waals surface area (Å²) in [5, 5.41) is 14.4. The molecule has 2 aliphatic heterocycles. The Kier molecular flexibility index (Phi) is 13.0. The number of carboxylic acids is 1. The van der Waals surface area contributed by atoms with Gasteiger partial charge in [-0.3, -0.25) is 19.2 Å². The van der Waals surface area contributed by atoms with E-state index in [9.17, 15) is 29.1 Å². The third kappa shape index (κ3) is 9.29. The van der Waals surface area contributed by atoms with Gasteiger partial charge >= 0.3 is 5.97 Å². The number of likely N-dealkylation sites (tertiary alicyclic amines) is 2. The molecule has 0 radical (unpaired) electrons. The summed E-state index contributed by atoms with van der Waals surface area (Å²) in [6, 6.07) is -2.38. The first-order valence-electron chi connectivity index (χ1n) is 13.9. The fraction of sp³-hybridized carbons (Fsp3) is 0.679. The lowest BCUT2D eigenvalue weighted by Crippen LogP contribution is -2.54. The molecule has 10 heteroatoms. The Morgan fingerprint density at radius 3 is 2.32 bits per heavy atom. The topological polar surface area (TPSA) is 136 Å². The number of nitrogens with zero attached hydrogens (tertiary/aromatic N) is 2. The predicted molar refractivity (Wildman–Crippen MR) is 144 cm³/mol. The molecule has 0 unspecified atom stereocenters. The molecule has 0 aromatic heterocycles. The predicted octanol–water partition coefficient (Wildman–Crippen LogP) is 2.54. The number of allylic oxidation sites excluding steroid dienone is 2. The average molecular weight is 533 g/mol. The standard InChI is InChI=1S/C28H44N4O6/c1-4-6-7-8-9-15-25(34)31-16-11-14-23(31)27(36)32-17-10-13-22(32)26(35)29-19-24(33)30-21(28(37)38)18-20(3)12-5-2/h5,12,21-23H,2,4,6-11,13-19H2,1,3H3,(H,29,35)(H,30,33)(H,37,38)/b20-12+/t21-,22-,23-/m0/s1. The summed E-state index contributed by atoms with van der Waals surface area (Å²) in [5.41, 5.74) is 0.743. The van der Waals surface area contributed by atoms with E-state index in [1.807, 2.05) is 0 Å². The summed E-state index contributed by atoms with van der Waals surface area (Å²) in [4.78, 5) is 66.2. The highest BCUT2D eigenvalue weighted by Crippen LogP contribution is 2.26. The first-order chi connectivity index (χ1) is 18.2. The number of aliphatic carboxylic acids is 1. The van der Waals surface area contributed by atoms with E-state index < -0.39 is 42.5 Å². The number of carbonyl (C=O) groups is 5. The maximum atomic E-state index is 13.4. The molecule has 2 heterocycles. The van der Waals surface area contributed by atoms with Crippen LogP contribution < -0.4 is 10.6 Å². The Morgan fingerprint density at radius 1 is 1.00 bits per heavy atom. The van der Waals surface area contributed by atoms with E-state index in [1.165, 1.54) is 4.90 Å². The molecule has 2 fully saturated rings. The largest absolute Gasteiger partial charge is 0.480 e. The van der Waals surface area contributed by atoms with Crippen LogP contribution in [0, 0.1) is 0 Å². The zero-order chi connectivity index (χ0) is 28.1. The van der Waals surface area contributed by atoms with E-state index in [2.05, 4.69) is 24.1 Å². The third-order valence-electron chi connectivity index (χ3n) is 7.18. The summed E-state index contributed by atoms with van der Waals surface area (Å²) in [7, 11) is 0. The van der Waals surface area contributed by atoms with Crippen molar-refractivity contribution in [3.05, 3.63) is 24.3 Å². The van der Waals surface area contributed by atoms with Crippen molar-refractivity contribution in [3.8, 4) is 0 Å². The van der Waals surface area contributed by atoms with Crippen molar-refractivity contribution >= 4 is 29.6 Å². The second-order valence-electron chi connectivity index (χ2n) is 10.2. The molecule has 0 aromatic rings. The number of carboxylic acid groups (broad SMARTS) is 1. The Bertz CT molecular complexity index is 902. The number of amides is 4. The van der Waals surface area contributed by atoms with Crippen LogP contribution >= 0.6 is 0 Å². The van der Waals surface area contributed by atoms with E-state index in [-0.39, 0.29) is 18.2 Å². The van der Waals surface area contributed by atoms with Crippen LogP contribution in [0.4, 0.5) is 0 Å². The second kappa shape index (κ2) is 15.9. The monoisotopic (exact) mass is 532 g/mol. The van der Waals surface area contributed by atoms with Gasteiger partial charge in [0.1, 0.15) is 18.1 Å². The molecule has 3 N–H and O–H groups in total. The van der Waals surface area contributed by atoms with Gasteiger partial charge in [-0.05, 0) is 45.4 Å². The fourth-order valence-corrected chi connectivity index (χ4v) is 5.16. The maximum Gasteiger partial charge on any atom is 0.326 e. The normalized spacial score (nSPS) is 20.2. The van der Waals surface area contributed by atoms with Crippen molar-refractivity contribution in [1.82, 2.24) is 20.4 Å². The molecule has 4 amide bonds. The number of rotatable bonds is 15. The Balaban J connectivity index is 1.89. The van der Waals surface area contributed by atoms with Crippen LogP contribution in [0.3, 0.4) is 0 Å². The highest BCUT2D eigenvalue weighted by atomic mass is 16.4. The Labute approximate surface area is 225 Å². The SMILES string of the molecule is C=C/C=C(\C)C[C@H](NC(=O)CNC(=O)[C@@H]1CCCN1C(=O)[C@@H]1CCCN1C(=O)CCCCCCC)C(=O)O. The lowest BCUT2D eigenvalue weighted by atomic mass is 10.1. The molecule has 0 spiro atoms.